The monoisotopic (exact) mass is 2160 g/mol. The summed E-state index contributed by atoms with van der Waals surface area (Å²) < 4.78 is 247. The maximum Gasteiger partial charge on any atom is 0.435 e. The molecule has 0 aliphatic heterocycles. The Morgan fingerprint density at radius 3 is 1.44 bits per heavy atom. The Labute approximate surface area is 862 Å². The highest BCUT2D eigenvalue weighted by molar-refractivity contribution is 7.89. The molecule has 0 bridgehead atoms. The number of nitrogen functional groups attached to an aromatic ring is 1. The van der Waals surface area contributed by atoms with E-state index in [0.717, 1.165) is 53.1 Å². The number of nitrogens with two attached hydrogens (primary N) is 1. The van der Waals surface area contributed by atoms with Crippen molar-refractivity contribution in [2.45, 2.75) is 177 Å². The number of sulfone groups is 1. The van der Waals surface area contributed by atoms with Crippen LogP contribution in [0.3, 0.4) is 0 Å². The van der Waals surface area contributed by atoms with Crippen LogP contribution in [0.1, 0.15) is 194 Å². The predicted molar refractivity (Wildman–Crippen MR) is 529 cm³/mol. The van der Waals surface area contributed by atoms with Crippen LogP contribution in [0, 0.1) is 76.3 Å². The van der Waals surface area contributed by atoms with Gasteiger partial charge in [0, 0.05) is 138 Å². The van der Waals surface area contributed by atoms with Crippen molar-refractivity contribution in [2.75, 3.05) is 12.0 Å². The first-order chi connectivity index (χ1) is 69.9. The largest absolute Gasteiger partial charge is 0.435 e. The van der Waals surface area contributed by atoms with Gasteiger partial charge >= 0.3 is 6.18 Å². The highest BCUT2D eigenvalue weighted by atomic mass is 35.5. The molecule has 0 spiro atoms. The van der Waals surface area contributed by atoms with Crippen LogP contribution in [0.5, 0.6) is 0 Å². The predicted octanol–water partition coefficient (Wildman–Crippen LogP) is 23.1. The standard InChI is InChI=1S/C36H32ClF6N5O4S.C36H28F7N5O3.C35H28Cl3F2N3O2/c1-36(2,50)10-9-23-5-6-25(26-7-8-27(37)31-29(18-53(4,51)52)45-47(3)33(26)31)32(44-23)20(11-19-12-21(38)15-22(39)13-19)14-24(49)17-48-30(35(42)43)16-28(46-48)34(40)41;1-34(2,50)9-8-21-6-7-23(24-4-3-5-25-30(24)51-47-33(25)44)29(45-21)18(10-17-11-19(37)14-20(38)12-17)13-22(49)16-48-32-28(31(46-48)36(41,42)43)26-15-27(26)35(32,39)40;1-35(2,45)12-11-25-7-8-27(28-9-10-30(36)29-19-41-43(3)34(28)29)33(42-25)22(13-20-14-23(39)18-24(40)15-20)17-26(44)16-21-5-4-6-31(37)32(21)38/h5-8,12-13,15-16,20,34-35,50H,11,14,17-18H2,1-4H3;3-7,11-12,14,18,26-27,50H,10,13,15-16H2,1-2H3,(H2,44,47);4-10,14-15,18-19,22,45H,13,16-17H2,1-3H3/t20-;18-,26+,27-;22-/m111/s1. The lowest BCUT2D eigenvalue weighted by molar-refractivity contribution is -0.142. The average molecular weight is 2160 g/mol. The van der Waals surface area contributed by atoms with Crippen molar-refractivity contribution < 1.29 is 109 Å². The Bertz CT molecular complexity index is 8080. The van der Waals surface area contributed by atoms with Crippen molar-refractivity contribution in [3.05, 3.63) is 309 Å². The summed E-state index contributed by atoms with van der Waals surface area (Å²) in [4.78, 5) is 55.5. The first-order valence-electron chi connectivity index (χ1n) is 45.8. The van der Waals surface area contributed by atoms with E-state index in [2.05, 4.69) is 61.1 Å². The van der Waals surface area contributed by atoms with Gasteiger partial charge in [0.05, 0.1) is 71.2 Å². The number of carbonyl (C=O) groups is 3. The summed E-state index contributed by atoms with van der Waals surface area (Å²) in [6, 6.07) is 36.0. The number of aliphatic hydroxyl groups is 3. The second kappa shape index (κ2) is 43.4. The Morgan fingerprint density at radius 1 is 0.530 bits per heavy atom. The molecule has 5 N–H and O–H groups in total. The zero-order valence-corrected chi connectivity index (χ0v) is 84.1. The van der Waals surface area contributed by atoms with Crippen molar-refractivity contribution in [1.29, 1.82) is 0 Å². The molecule has 2 aliphatic carbocycles. The third-order valence-corrected chi connectivity index (χ3v) is 26.6. The number of halogens is 19. The number of carbonyl (C=O) groups excluding carboxylic acids is 3. The molecule has 2 aliphatic rings. The number of hydrogen-bond acceptors (Lipinski definition) is 18. The van der Waals surface area contributed by atoms with E-state index in [-0.39, 0.29) is 100 Å². The van der Waals surface area contributed by atoms with Gasteiger partial charge in [0.25, 0.3) is 18.8 Å². The average Bonchev–Trinajstić information content (AvgIpc) is 1.51. The van der Waals surface area contributed by atoms with Gasteiger partial charge in [-0.3, -0.25) is 33.1 Å². The van der Waals surface area contributed by atoms with Crippen molar-refractivity contribution in [2.24, 2.45) is 20.0 Å². The van der Waals surface area contributed by atoms with E-state index in [4.69, 9.17) is 71.6 Å². The van der Waals surface area contributed by atoms with Gasteiger partial charge in [-0.05, 0) is 216 Å². The Hall–Kier alpha value is -13.8. The summed E-state index contributed by atoms with van der Waals surface area (Å²) in [5.74, 6) is 0.693. The smallest absolute Gasteiger partial charge is 0.380 e. The van der Waals surface area contributed by atoms with Crippen LogP contribution in [0.2, 0.25) is 20.1 Å². The molecule has 0 unspecified atom stereocenters. The van der Waals surface area contributed by atoms with Gasteiger partial charge < -0.3 is 25.6 Å². The molecule has 7 aromatic carbocycles. The van der Waals surface area contributed by atoms with Gasteiger partial charge in [0.1, 0.15) is 105 Å². The Balaban J connectivity index is 0.000000168. The number of hydrogen-bond donors (Lipinski definition) is 4. The minimum absolute atomic E-state index is 0.00609. The van der Waals surface area contributed by atoms with Crippen molar-refractivity contribution in [3.8, 4) is 68.9 Å². The van der Waals surface area contributed by atoms with Gasteiger partial charge in [0.2, 0.25) is 0 Å². The van der Waals surface area contributed by atoms with Crippen molar-refractivity contribution in [3.63, 3.8) is 0 Å². The van der Waals surface area contributed by atoms with Crippen molar-refractivity contribution in [1.82, 2.24) is 59.2 Å². The Morgan fingerprint density at radius 2 is 0.980 bits per heavy atom. The van der Waals surface area contributed by atoms with Crippen LogP contribution in [-0.4, -0.2) is 123 Å². The number of rotatable bonds is 28. The maximum atomic E-state index is 15.3. The van der Waals surface area contributed by atoms with Crippen LogP contribution >= 0.6 is 46.4 Å². The van der Waals surface area contributed by atoms with Gasteiger partial charge in [-0.2, -0.15) is 42.3 Å². The van der Waals surface area contributed by atoms with E-state index >= 15 is 8.78 Å². The first-order valence-corrected chi connectivity index (χ1v) is 49.3. The molecule has 15 aromatic rings. The van der Waals surface area contributed by atoms with Crippen LogP contribution in [0.4, 0.5) is 71.7 Å². The molecule has 0 radical (unpaired) electrons. The number of aryl methyl sites for hydroxylation is 2. The first kappa shape index (κ1) is 109. The third kappa shape index (κ3) is 26.0. The van der Waals surface area contributed by atoms with E-state index in [9.17, 15) is 95.2 Å². The highest BCUT2D eigenvalue weighted by Gasteiger charge is 2.68. The number of Topliss-reactive ketones (excluding diaryl/α,β-unsaturated/α-hetero) is 3. The lowest BCUT2D eigenvalue weighted by Gasteiger charge is -2.21. The summed E-state index contributed by atoms with van der Waals surface area (Å²) in [6.07, 6.45) is -10.3. The molecule has 17 rings (SSSR count). The Kier molecular flexibility index (Phi) is 31.9. The second-order valence-corrected chi connectivity index (χ2v) is 41.6. The molecular formula is C107H88Cl4F15N13O9S. The number of anilines is 1. The SMILES string of the molecule is CC(C)(O)C#Cc1ccc(-c2cccc3c(N)noc23)c([C@@H](CC(=O)Cn2nc(C(F)(F)F)c3c2C(F)(F)[C@@H]2C[C@H]32)Cc2cc(F)cc(F)c2)n1.Cn1nc(CS(C)(=O)=O)c2c(Cl)ccc(-c3ccc(C#CC(C)(C)O)nc3[C@@H](CC(=O)Cn3nc(C(F)F)cc3C(F)F)Cc3cc(F)cc(F)c3)c21.Cn1ncc2c(Cl)ccc(-c3ccc(C#CC(C)(C)O)nc3[C@@H](CC(=O)Cc3cccc(Cl)c3Cl)Cc3cc(F)cc(F)c3)c21. The summed E-state index contributed by atoms with van der Waals surface area (Å²) in [7, 11) is -0.201. The molecule has 8 aromatic heterocycles. The van der Waals surface area contributed by atoms with E-state index in [1.807, 2.05) is 12.1 Å². The van der Waals surface area contributed by atoms with E-state index < -0.39 is 188 Å². The van der Waals surface area contributed by atoms with Gasteiger partial charge in [-0.1, -0.05) is 106 Å². The second-order valence-electron chi connectivity index (χ2n) is 37.9. The zero-order valence-electron chi connectivity index (χ0n) is 80.2. The normalized spacial score (nSPS) is 14.5. The minimum Gasteiger partial charge on any atom is -0.380 e. The number of ketones is 3. The number of alkyl halides is 9. The molecule has 1 fully saturated rings. The molecule has 0 saturated heterocycles. The quantitative estimate of drug-likeness (QED) is 0.0261. The number of pyridine rings is 3. The van der Waals surface area contributed by atoms with E-state index in [1.165, 1.54) is 62.7 Å². The van der Waals surface area contributed by atoms with E-state index in [1.54, 1.807) is 106 Å². The molecule has 774 valence electrons. The summed E-state index contributed by atoms with van der Waals surface area (Å²) in [5.41, 5.74) is 4.10. The summed E-state index contributed by atoms with van der Waals surface area (Å²) in [6.45, 7) is 7.14. The lowest BCUT2D eigenvalue weighted by Crippen LogP contribution is -2.24. The fraction of sp³-hybridized carbons (Fsp3) is 0.299. The summed E-state index contributed by atoms with van der Waals surface area (Å²) in [5, 5.41) is 53.1. The number of aromatic nitrogens is 12. The molecule has 8 heterocycles. The number of nitrogens with zero attached hydrogens (tertiary/aromatic N) is 12. The number of para-hydroxylation sites is 1. The van der Waals surface area contributed by atoms with Gasteiger partial charge in [0.15, 0.2) is 38.5 Å². The molecular weight excluding hydrogens is 2070 g/mol. The molecule has 149 heavy (non-hydrogen) atoms. The fourth-order valence-electron chi connectivity index (χ4n) is 18.1. The van der Waals surface area contributed by atoms with Crippen LogP contribution in [-0.2, 0) is 94.9 Å². The van der Waals surface area contributed by atoms with Crippen molar-refractivity contribution >= 4 is 112 Å². The molecule has 0 amide bonds. The molecule has 42 heteroatoms. The highest BCUT2D eigenvalue weighted by Crippen LogP contribution is 2.69. The zero-order chi connectivity index (χ0) is 108. The minimum atomic E-state index is -5.02. The van der Waals surface area contributed by atoms with Gasteiger partial charge in [-0.25, -0.2) is 67.3 Å². The number of benzene rings is 7. The third-order valence-electron chi connectivity index (χ3n) is 24.3. The van der Waals surface area contributed by atoms with Gasteiger partial charge in [-0.15, -0.1) is 0 Å². The maximum absolute atomic E-state index is 15.3. The topological polar surface area (TPSA) is 308 Å². The molecule has 22 nitrogen and oxygen atoms in total. The van der Waals surface area contributed by atoms with Crippen LogP contribution in [0.25, 0.3) is 66.2 Å². The lowest BCUT2D eigenvalue weighted by atomic mass is 9.85. The fourth-order valence-corrected chi connectivity index (χ4v) is 19.7. The van der Waals surface area contributed by atoms with E-state index in [0.29, 0.717) is 109 Å². The summed E-state index contributed by atoms with van der Waals surface area (Å²) >= 11 is 25.7. The van der Waals surface area contributed by atoms with Crippen LogP contribution < -0.4 is 5.73 Å². The molecule has 5 atom stereocenters. The van der Waals surface area contributed by atoms with Crippen LogP contribution in [0.15, 0.2) is 168 Å². The number of fused-ring (bicyclic) bond motifs is 6. The molecule has 1 saturated carbocycles.